The highest BCUT2D eigenvalue weighted by Crippen LogP contribution is 2.16. The maximum absolute atomic E-state index is 12.3. The van der Waals surface area contributed by atoms with E-state index in [0.29, 0.717) is 11.6 Å². The molecule has 0 spiro atoms. The van der Waals surface area contributed by atoms with Crippen LogP contribution in [0.25, 0.3) is 0 Å². The number of rotatable bonds is 3. The molecule has 1 aromatic carbocycles. The van der Waals surface area contributed by atoms with Crippen molar-refractivity contribution in [2.75, 3.05) is 6.54 Å². The maximum Gasteiger partial charge on any atom is 0.246 e. The number of piperazine rings is 1. The fourth-order valence-electron chi connectivity index (χ4n) is 2.17. The van der Waals surface area contributed by atoms with Crippen molar-refractivity contribution in [3.63, 3.8) is 0 Å². The molecule has 0 aliphatic carbocycles. The molecule has 0 radical (unpaired) electrons. The van der Waals surface area contributed by atoms with E-state index in [4.69, 9.17) is 11.6 Å². The Morgan fingerprint density at radius 3 is 2.79 bits per heavy atom. The Kier molecular flexibility index (Phi) is 4.10. The second kappa shape index (κ2) is 5.61. The molecule has 4 nitrogen and oxygen atoms in total. The van der Waals surface area contributed by atoms with E-state index < -0.39 is 6.04 Å². The van der Waals surface area contributed by atoms with Gasteiger partial charge in [0.2, 0.25) is 11.8 Å². The Bertz CT molecular complexity index is 502. The molecule has 19 heavy (non-hydrogen) atoms. The molecule has 5 heteroatoms. The molecule has 1 aliphatic heterocycles. The highest BCUT2D eigenvalue weighted by Gasteiger charge is 2.34. The highest BCUT2D eigenvalue weighted by molar-refractivity contribution is 6.30. The summed E-state index contributed by atoms with van der Waals surface area (Å²) in [4.78, 5) is 25.5. The quantitative estimate of drug-likeness (QED) is 0.918. The molecule has 1 N–H and O–H groups in total. The van der Waals surface area contributed by atoms with Crippen molar-refractivity contribution < 1.29 is 9.59 Å². The van der Waals surface area contributed by atoms with Gasteiger partial charge in [0.1, 0.15) is 6.04 Å². The number of benzene rings is 1. The molecule has 0 saturated carbocycles. The Labute approximate surface area is 117 Å². The molecule has 0 aromatic heterocycles. The van der Waals surface area contributed by atoms with Crippen LogP contribution in [-0.4, -0.2) is 29.3 Å². The fourth-order valence-corrected chi connectivity index (χ4v) is 2.38. The van der Waals surface area contributed by atoms with Crippen molar-refractivity contribution in [2.24, 2.45) is 5.92 Å². The molecule has 1 unspecified atom stereocenters. The average molecular weight is 281 g/mol. The molecule has 1 aliphatic rings. The molecule has 2 rings (SSSR count). The van der Waals surface area contributed by atoms with Gasteiger partial charge in [-0.3, -0.25) is 9.59 Å². The van der Waals surface area contributed by atoms with Crippen molar-refractivity contribution in [1.29, 1.82) is 0 Å². The monoisotopic (exact) mass is 280 g/mol. The second-order valence-corrected chi connectivity index (χ2v) is 5.55. The van der Waals surface area contributed by atoms with Crippen molar-refractivity contribution in [1.82, 2.24) is 10.2 Å². The summed E-state index contributed by atoms with van der Waals surface area (Å²) in [6.07, 6.45) is 0. The van der Waals surface area contributed by atoms with Gasteiger partial charge >= 0.3 is 0 Å². The van der Waals surface area contributed by atoms with Gasteiger partial charge in [-0.05, 0) is 23.6 Å². The van der Waals surface area contributed by atoms with Crippen LogP contribution in [0.2, 0.25) is 5.02 Å². The SMILES string of the molecule is CC(C)C1NC(=O)CN(Cc2cccc(Cl)c2)C1=O. The van der Waals surface area contributed by atoms with Gasteiger partial charge in [-0.15, -0.1) is 0 Å². The number of nitrogens with one attached hydrogen (secondary N) is 1. The Morgan fingerprint density at radius 2 is 2.16 bits per heavy atom. The van der Waals surface area contributed by atoms with E-state index in [2.05, 4.69) is 5.32 Å². The standard InChI is InChI=1S/C14H17ClN2O2/c1-9(2)13-14(19)17(8-12(18)16-13)7-10-4-3-5-11(15)6-10/h3-6,9,13H,7-8H2,1-2H3,(H,16,18). The fraction of sp³-hybridized carbons (Fsp3) is 0.429. The molecule has 1 atom stereocenters. The highest BCUT2D eigenvalue weighted by atomic mass is 35.5. The summed E-state index contributed by atoms with van der Waals surface area (Å²) in [5.41, 5.74) is 0.929. The van der Waals surface area contributed by atoms with Crippen LogP contribution in [0, 0.1) is 5.92 Å². The van der Waals surface area contributed by atoms with Crippen molar-refractivity contribution >= 4 is 23.4 Å². The summed E-state index contributed by atoms with van der Waals surface area (Å²) in [6.45, 7) is 4.36. The minimum Gasteiger partial charge on any atom is -0.343 e. The lowest BCUT2D eigenvalue weighted by Crippen LogP contribution is -2.59. The first-order valence-electron chi connectivity index (χ1n) is 6.30. The Balaban J connectivity index is 2.14. The van der Waals surface area contributed by atoms with Crippen LogP contribution in [0.4, 0.5) is 0 Å². The lowest BCUT2D eigenvalue weighted by Gasteiger charge is -2.34. The minimum atomic E-state index is -0.430. The summed E-state index contributed by atoms with van der Waals surface area (Å²) < 4.78 is 0. The summed E-state index contributed by atoms with van der Waals surface area (Å²) >= 11 is 5.92. The molecule has 1 saturated heterocycles. The van der Waals surface area contributed by atoms with E-state index >= 15 is 0 Å². The molecule has 2 amide bonds. The number of nitrogens with zero attached hydrogens (tertiary/aromatic N) is 1. The normalized spacial score (nSPS) is 19.8. The van der Waals surface area contributed by atoms with Crippen molar-refractivity contribution in [3.8, 4) is 0 Å². The Morgan fingerprint density at radius 1 is 1.42 bits per heavy atom. The van der Waals surface area contributed by atoms with Gasteiger partial charge in [-0.2, -0.15) is 0 Å². The molecular formula is C14H17ClN2O2. The van der Waals surface area contributed by atoms with Crippen LogP contribution in [0.1, 0.15) is 19.4 Å². The molecule has 102 valence electrons. The van der Waals surface area contributed by atoms with E-state index in [1.165, 1.54) is 0 Å². The summed E-state index contributed by atoms with van der Waals surface area (Å²) in [6, 6.07) is 6.90. The largest absolute Gasteiger partial charge is 0.343 e. The summed E-state index contributed by atoms with van der Waals surface area (Å²) in [5.74, 6) is -0.0616. The first kappa shape index (κ1) is 13.9. The summed E-state index contributed by atoms with van der Waals surface area (Å²) in [7, 11) is 0. The first-order valence-corrected chi connectivity index (χ1v) is 6.68. The van der Waals surface area contributed by atoms with Crippen LogP contribution in [-0.2, 0) is 16.1 Å². The van der Waals surface area contributed by atoms with Crippen molar-refractivity contribution in [2.45, 2.75) is 26.4 Å². The predicted octanol–water partition coefficient (Wildman–Crippen LogP) is 1.82. The van der Waals surface area contributed by atoms with Gasteiger partial charge in [0.15, 0.2) is 0 Å². The summed E-state index contributed by atoms with van der Waals surface area (Å²) in [5, 5.41) is 3.37. The number of carbonyl (C=O) groups is 2. The van der Waals surface area contributed by atoms with E-state index in [1.807, 2.05) is 32.0 Å². The van der Waals surface area contributed by atoms with Gasteiger partial charge in [0.25, 0.3) is 0 Å². The van der Waals surface area contributed by atoms with Crippen LogP contribution in [0.3, 0.4) is 0 Å². The zero-order valence-electron chi connectivity index (χ0n) is 11.0. The van der Waals surface area contributed by atoms with Gasteiger partial charge in [-0.1, -0.05) is 37.6 Å². The van der Waals surface area contributed by atoms with Crippen LogP contribution < -0.4 is 5.32 Å². The van der Waals surface area contributed by atoms with E-state index in [0.717, 1.165) is 5.56 Å². The number of amides is 2. The molecule has 0 bridgehead atoms. The third kappa shape index (κ3) is 3.26. The van der Waals surface area contributed by atoms with Crippen LogP contribution in [0.15, 0.2) is 24.3 Å². The van der Waals surface area contributed by atoms with Gasteiger partial charge in [0.05, 0.1) is 6.54 Å². The lowest BCUT2D eigenvalue weighted by atomic mass is 10.0. The molecule has 1 aromatic rings. The smallest absolute Gasteiger partial charge is 0.246 e. The zero-order valence-corrected chi connectivity index (χ0v) is 11.8. The molecule has 1 heterocycles. The maximum atomic E-state index is 12.3. The average Bonchev–Trinajstić information content (AvgIpc) is 2.33. The topological polar surface area (TPSA) is 49.4 Å². The van der Waals surface area contributed by atoms with E-state index in [-0.39, 0.29) is 24.3 Å². The second-order valence-electron chi connectivity index (χ2n) is 5.11. The van der Waals surface area contributed by atoms with Gasteiger partial charge in [-0.25, -0.2) is 0 Å². The third-order valence-corrected chi connectivity index (χ3v) is 3.39. The third-order valence-electron chi connectivity index (χ3n) is 3.16. The molecular weight excluding hydrogens is 264 g/mol. The Hall–Kier alpha value is -1.55. The number of hydrogen-bond donors (Lipinski definition) is 1. The van der Waals surface area contributed by atoms with Crippen LogP contribution >= 0.6 is 11.6 Å². The molecule has 1 fully saturated rings. The van der Waals surface area contributed by atoms with E-state index in [9.17, 15) is 9.59 Å². The van der Waals surface area contributed by atoms with Crippen LogP contribution in [0.5, 0.6) is 0 Å². The van der Waals surface area contributed by atoms with E-state index in [1.54, 1.807) is 11.0 Å². The predicted molar refractivity (Wildman–Crippen MR) is 73.6 cm³/mol. The number of carbonyl (C=O) groups excluding carboxylic acids is 2. The minimum absolute atomic E-state index is 0.0328. The van der Waals surface area contributed by atoms with Gasteiger partial charge < -0.3 is 10.2 Å². The van der Waals surface area contributed by atoms with Crippen molar-refractivity contribution in [3.05, 3.63) is 34.9 Å². The first-order chi connectivity index (χ1) is 8.97. The lowest BCUT2D eigenvalue weighted by molar-refractivity contribution is -0.146. The number of hydrogen-bond acceptors (Lipinski definition) is 2. The zero-order chi connectivity index (χ0) is 14.0. The van der Waals surface area contributed by atoms with Gasteiger partial charge in [0, 0.05) is 11.6 Å². The number of halogens is 1.